The van der Waals surface area contributed by atoms with Gasteiger partial charge in [0.05, 0.1) is 21.8 Å². The summed E-state index contributed by atoms with van der Waals surface area (Å²) in [5.41, 5.74) is 0.523. The second-order valence-electron chi connectivity index (χ2n) is 7.11. The number of hydrogen-bond donors (Lipinski definition) is 1. The summed E-state index contributed by atoms with van der Waals surface area (Å²) < 4.78 is 0. The van der Waals surface area contributed by atoms with E-state index in [-0.39, 0.29) is 17.9 Å². The summed E-state index contributed by atoms with van der Waals surface area (Å²) >= 11 is 12.1. The summed E-state index contributed by atoms with van der Waals surface area (Å²) in [6, 6.07) is 4.89. The Balaban J connectivity index is 1.52. The fraction of sp³-hybridized carbons (Fsp3) is 0.579. The number of amides is 2. The van der Waals surface area contributed by atoms with Gasteiger partial charge in [0, 0.05) is 19.0 Å². The van der Waals surface area contributed by atoms with Crippen LogP contribution in [-0.2, 0) is 9.59 Å². The fourth-order valence-corrected chi connectivity index (χ4v) is 4.08. The molecule has 2 saturated heterocycles. The molecule has 2 fully saturated rings. The first-order valence-corrected chi connectivity index (χ1v) is 10.0. The van der Waals surface area contributed by atoms with Gasteiger partial charge < -0.3 is 10.2 Å². The molecule has 2 aliphatic rings. The van der Waals surface area contributed by atoms with Crippen molar-refractivity contribution in [2.75, 3.05) is 31.5 Å². The zero-order valence-electron chi connectivity index (χ0n) is 15.0. The van der Waals surface area contributed by atoms with E-state index in [1.165, 1.54) is 0 Å². The average molecular weight is 398 g/mol. The van der Waals surface area contributed by atoms with E-state index < -0.39 is 0 Å². The van der Waals surface area contributed by atoms with Gasteiger partial charge in [0.1, 0.15) is 0 Å². The van der Waals surface area contributed by atoms with Gasteiger partial charge in [-0.15, -0.1) is 0 Å². The summed E-state index contributed by atoms with van der Waals surface area (Å²) in [4.78, 5) is 29.2. The summed E-state index contributed by atoms with van der Waals surface area (Å²) in [5.74, 6) is 0.283. The summed E-state index contributed by atoms with van der Waals surface area (Å²) in [5, 5.41) is 3.62. The van der Waals surface area contributed by atoms with Crippen LogP contribution in [0.3, 0.4) is 0 Å². The number of halogens is 2. The van der Waals surface area contributed by atoms with Crippen LogP contribution >= 0.6 is 23.2 Å². The first-order valence-electron chi connectivity index (χ1n) is 9.25. The molecule has 1 atom stereocenters. The van der Waals surface area contributed by atoms with Gasteiger partial charge in [-0.05, 0) is 57.8 Å². The van der Waals surface area contributed by atoms with Gasteiger partial charge in [-0.1, -0.05) is 29.3 Å². The second kappa shape index (κ2) is 8.59. The molecule has 0 bridgehead atoms. The van der Waals surface area contributed by atoms with E-state index in [9.17, 15) is 9.59 Å². The molecule has 142 valence electrons. The molecule has 0 aliphatic carbocycles. The monoisotopic (exact) mass is 397 g/mol. The lowest BCUT2D eigenvalue weighted by Gasteiger charge is -2.36. The zero-order chi connectivity index (χ0) is 18.7. The van der Waals surface area contributed by atoms with Crippen molar-refractivity contribution in [3.8, 4) is 0 Å². The Hall–Kier alpha value is -1.30. The minimum absolute atomic E-state index is 0.0991. The van der Waals surface area contributed by atoms with Gasteiger partial charge in [0.2, 0.25) is 11.8 Å². The van der Waals surface area contributed by atoms with E-state index >= 15 is 0 Å². The predicted octanol–water partition coefficient (Wildman–Crippen LogP) is 3.65. The van der Waals surface area contributed by atoms with E-state index in [4.69, 9.17) is 23.2 Å². The van der Waals surface area contributed by atoms with Crippen molar-refractivity contribution >= 4 is 40.7 Å². The van der Waals surface area contributed by atoms with Crippen LogP contribution in [0.1, 0.15) is 32.6 Å². The first-order chi connectivity index (χ1) is 12.5. The van der Waals surface area contributed by atoms with E-state index in [1.54, 1.807) is 18.2 Å². The van der Waals surface area contributed by atoms with Crippen LogP contribution in [0.5, 0.6) is 0 Å². The lowest BCUT2D eigenvalue weighted by molar-refractivity contribution is -0.136. The highest BCUT2D eigenvalue weighted by atomic mass is 35.5. The van der Waals surface area contributed by atoms with Gasteiger partial charge in [-0.25, -0.2) is 0 Å². The van der Waals surface area contributed by atoms with Gasteiger partial charge in [-0.3, -0.25) is 14.5 Å². The lowest BCUT2D eigenvalue weighted by atomic mass is 9.94. The van der Waals surface area contributed by atoms with Crippen LogP contribution in [0.4, 0.5) is 5.69 Å². The molecular formula is C19H25Cl2N3O2. The Kier molecular flexibility index (Phi) is 6.43. The van der Waals surface area contributed by atoms with Crippen molar-refractivity contribution in [1.82, 2.24) is 9.80 Å². The van der Waals surface area contributed by atoms with Crippen LogP contribution < -0.4 is 5.32 Å². The van der Waals surface area contributed by atoms with E-state index in [0.29, 0.717) is 21.6 Å². The third-order valence-electron chi connectivity index (χ3n) is 5.43. The molecule has 1 aromatic carbocycles. The van der Waals surface area contributed by atoms with Crippen molar-refractivity contribution in [2.24, 2.45) is 5.92 Å². The number of nitrogens with zero attached hydrogens (tertiary/aromatic N) is 2. The predicted molar refractivity (Wildman–Crippen MR) is 105 cm³/mol. The van der Waals surface area contributed by atoms with Crippen molar-refractivity contribution in [2.45, 2.75) is 38.6 Å². The molecule has 3 rings (SSSR count). The largest absolute Gasteiger partial charge is 0.342 e. The van der Waals surface area contributed by atoms with Crippen molar-refractivity contribution < 1.29 is 9.59 Å². The number of benzene rings is 1. The molecule has 2 amide bonds. The quantitative estimate of drug-likeness (QED) is 0.843. The lowest BCUT2D eigenvalue weighted by Crippen LogP contribution is -2.48. The first kappa shape index (κ1) is 19.5. The van der Waals surface area contributed by atoms with Crippen molar-refractivity contribution in [3.05, 3.63) is 28.2 Å². The number of likely N-dealkylation sites (tertiary alicyclic amines) is 2. The number of nitrogens with one attached hydrogen (secondary N) is 1. The number of piperidine rings is 1. The highest BCUT2D eigenvalue weighted by molar-refractivity contribution is 6.44. The number of hydrogen-bond acceptors (Lipinski definition) is 3. The minimum atomic E-state index is -0.284. The van der Waals surface area contributed by atoms with Crippen molar-refractivity contribution in [1.29, 1.82) is 0 Å². The van der Waals surface area contributed by atoms with Crippen LogP contribution in [0, 0.1) is 5.92 Å². The molecule has 26 heavy (non-hydrogen) atoms. The molecule has 0 spiro atoms. The molecule has 2 aliphatic heterocycles. The number of anilines is 1. The van der Waals surface area contributed by atoms with Crippen molar-refractivity contribution in [3.63, 3.8) is 0 Å². The van der Waals surface area contributed by atoms with E-state index in [1.807, 2.05) is 11.8 Å². The molecule has 0 aromatic heterocycles. The van der Waals surface area contributed by atoms with E-state index in [0.717, 1.165) is 51.9 Å². The Morgan fingerprint density at radius 2 is 1.77 bits per heavy atom. The third kappa shape index (κ3) is 4.33. The van der Waals surface area contributed by atoms with Crippen LogP contribution in [-0.4, -0.2) is 53.8 Å². The molecule has 5 nitrogen and oxygen atoms in total. The Morgan fingerprint density at radius 1 is 1.12 bits per heavy atom. The highest BCUT2D eigenvalue weighted by Gasteiger charge is 2.32. The van der Waals surface area contributed by atoms with Gasteiger partial charge in [-0.2, -0.15) is 0 Å². The van der Waals surface area contributed by atoms with Crippen LogP contribution in [0.15, 0.2) is 18.2 Å². The second-order valence-corrected chi connectivity index (χ2v) is 7.89. The molecule has 1 aromatic rings. The average Bonchev–Trinajstić information content (AvgIpc) is 3.19. The smallest absolute Gasteiger partial charge is 0.241 e. The summed E-state index contributed by atoms with van der Waals surface area (Å²) in [6.07, 6.45) is 3.86. The molecule has 2 heterocycles. The van der Waals surface area contributed by atoms with Crippen LogP contribution in [0.25, 0.3) is 0 Å². The Labute approximate surface area is 164 Å². The Bertz CT molecular complexity index is 669. The maximum absolute atomic E-state index is 12.6. The molecule has 7 heteroatoms. The standard InChI is InChI=1S/C19H25Cl2N3O2/c1-13(18(25)22-16-6-4-5-15(20)17(16)21)23-11-7-14(8-12-23)19(26)24-9-2-3-10-24/h4-6,13-14H,2-3,7-12H2,1H3,(H,22,25). The SMILES string of the molecule is CC(C(=O)Nc1cccc(Cl)c1Cl)N1CCC(C(=O)N2CCCC2)CC1. The molecule has 1 unspecified atom stereocenters. The third-order valence-corrected chi connectivity index (χ3v) is 6.25. The molecule has 0 radical (unpaired) electrons. The Morgan fingerprint density at radius 3 is 2.42 bits per heavy atom. The van der Waals surface area contributed by atoms with Crippen LogP contribution in [0.2, 0.25) is 10.0 Å². The zero-order valence-corrected chi connectivity index (χ0v) is 16.5. The highest BCUT2D eigenvalue weighted by Crippen LogP contribution is 2.30. The van der Waals surface area contributed by atoms with Gasteiger partial charge >= 0.3 is 0 Å². The topological polar surface area (TPSA) is 52.7 Å². The number of rotatable bonds is 4. The fourth-order valence-electron chi connectivity index (χ4n) is 3.73. The molecular weight excluding hydrogens is 373 g/mol. The molecule has 0 saturated carbocycles. The van der Waals surface area contributed by atoms with E-state index in [2.05, 4.69) is 10.2 Å². The van der Waals surface area contributed by atoms with Gasteiger partial charge in [0.15, 0.2) is 0 Å². The number of carbonyl (C=O) groups is 2. The maximum Gasteiger partial charge on any atom is 0.241 e. The summed E-state index contributed by atoms with van der Waals surface area (Å²) in [7, 11) is 0. The minimum Gasteiger partial charge on any atom is -0.342 e. The maximum atomic E-state index is 12.6. The number of carbonyl (C=O) groups excluding carboxylic acids is 2. The normalized spacial score (nSPS) is 20.2. The summed E-state index contributed by atoms with van der Waals surface area (Å²) in [6.45, 7) is 5.19. The molecule has 1 N–H and O–H groups in total. The van der Waals surface area contributed by atoms with Gasteiger partial charge in [0.25, 0.3) is 0 Å².